The van der Waals surface area contributed by atoms with E-state index in [-0.39, 0.29) is 11.6 Å². The van der Waals surface area contributed by atoms with Gasteiger partial charge in [0.2, 0.25) is 17.8 Å². The second-order valence-corrected chi connectivity index (χ2v) is 6.89. The van der Waals surface area contributed by atoms with Crippen molar-refractivity contribution < 1.29 is 4.92 Å². The molecule has 0 aliphatic heterocycles. The Morgan fingerprint density at radius 3 is 1.94 bits per heavy atom. The average molecular weight is 452 g/mol. The van der Waals surface area contributed by atoms with Crippen LogP contribution in [0, 0.1) is 10.1 Å². The highest BCUT2D eigenvalue weighted by atomic mass is 16.6. The molecule has 4 rings (SSSR count). The van der Waals surface area contributed by atoms with E-state index in [0.29, 0.717) is 17.5 Å². The molecule has 3 N–H and O–H groups in total. The summed E-state index contributed by atoms with van der Waals surface area (Å²) in [6, 6.07) is 25.4. The van der Waals surface area contributed by atoms with Crippen molar-refractivity contribution in [3.05, 3.63) is 107 Å². The number of anilines is 5. The van der Waals surface area contributed by atoms with Gasteiger partial charge < -0.3 is 10.6 Å². The minimum Gasteiger partial charge on any atom is -0.324 e. The van der Waals surface area contributed by atoms with Crippen LogP contribution in [0.5, 0.6) is 0 Å². The largest absolute Gasteiger partial charge is 0.324 e. The van der Waals surface area contributed by atoms with Gasteiger partial charge in [-0.05, 0) is 35.9 Å². The van der Waals surface area contributed by atoms with Gasteiger partial charge in [-0.3, -0.25) is 10.1 Å². The molecule has 34 heavy (non-hydrogen) atoms. The lowest BCUT2D eigenvalue weighted by molar-refractivity contribution is -0.384. The molecule has 0 amide bonds. The lowest BCUT2D eigenvalue weighted by Crippen LogP contribution is -2.07. The third-order valence-corrected chi connectivity index (χ3v) is 4.39. The third-order valence-electron chi connectivity index (χ3n) is 4.39. The fourth-order valence-corrected chi connectivity index (χ4v) is 2.87. The molecule has 10 nitrogen and oxygen atoms in total. The van der Waals surface area contributed by atoms with Crippen molar-refractivity contribution in [3.63, 3.8) is 0 Å². The molecule has 0 spiro atoms. The number of hydrogen-bond donors (Lipinski definition) is 3. The Morgan fingerprint density at radius 1 is 0.765 bits per heavy atom. The van der Waals surface area contributed by atoms with Crippen LogP contribution in [-0.4, -0.2) is 26.1 Å². The molecule has 10 heteroatoms. The van der Waals surface area contributed by atoms with E-state index in [4.69, 9.17) is 0 Å². The van der Waals surface area contributed by atoms with Crippen molar-refractivity contribution in [1.29, 1.82) is 0 Å². The van der Waals surface area contributed by atoms with Gasteiger partial charge in [0, 0.05) is 29.7 Å². The molecule has 4 aromatic rings. The maximum Gasteiger partial charge on any atom is 0.270 e. The number of nitrogens with zero attached hydrogens (tertiary/aromatic N) is 5. The molecule has 0 unspecified atom stereocenters. The number of non-ortho nitro benzene ring substituents is 1. The van der Waals surface area contributed by atoms with Gasteiger partial charge in [0.05, 0.1) is 4.92 Å². The number of rotatable bonds is 9. The number of allylic oxidation sites excluding steroid dienone is 1. The van der Waals surface area contributed by atoms with E-state index < -0.39 is 4.92 Å². The van der Waals surface area contributed by atoms with Gasteiger partial charge in [0.15, 0.2) is 0 Å². The molecule has 0 aliphatic carbocycles. The van der Waals surface area contributed by atoms with Crippen molar-refractivity contribution >= 4 is 47.2 Å². The maximum atomic E-state index is 10.9. The van der Waals surface area contributed by atoms with Crippen LogP contribution in [0.4, 0.5) is 34.9 Å². The molecular formula is C24H20N8O2. The molecule has 3 aromatic carbocycles. The molecule has 168 valence electrons. The molecule has 0 fully saturated rings. The van der Waals surface area contributed by atoms with Gasteiger partial charge in [-0.25, -0.2) is 5.43 Å². The highest BCUT2D eigenvalue weighted by Gasteiger charge is 2.07. The lowest BCUT2D eigenvalue weighted by Gasteiger charge is -2.10. The number of para-hydroxylation sites is 2. The fraction of sp³-hybridized carbons (Fsp3) is 0. The van der Waals surface area contributed by atoms with Crippen LogP contribution in [0.1, 0.15) is 5.56 Å². The summed E-state index contributed by atoms with van der Waals surface area (Å²) >= 11 is 0. The fourth-order valence-electron chi connectivity index (χ4n) is 2.87. The van der Waals surface area contributed by atoms with Gasteiger partial charge >= 0.3 is 0 Å². The Labute approximate surface area is 195 Å². The SMILES string of the molecule is O=[N+]([O-])c1cccc(/C=C/C=N\Nc2nc(Nc3ccccc3)nc(Nc3ccccc3)n2)c1. The first-order valence-corrected chi connectivity index (χ1v) is 10.3. The Morgan fingerprint density at radius 2 is 1.35 bits per heavy atom. The summed E-state index contributed by atoms with van der Waals surface area (Å²) in [6.45, 7) is 0. The highest BCUT2D eigenvalue weighted by molar-refractivity contribution is 5.79. The summed E-state index contributed by atoms with van der Waals surface area (Å²) < 4.78 is 0. The molecule has 0 saturated carbocycles. The molecule has 0 bridgehead atoms. The maximum absolute atomic E-state index is 10.9. The van der Waals surface area contributed by atoms with Crippen molar-refractivity contribution in [1.82, 2.24) is 15.0 Å². The summed E-state index contributed by atoms with van der Waals surface area (Å²) in [4.78, 5) is 23.6. The van der Waals surface area contributed by atoms with Crippen LogP contribution in [0.2, 0.25) is 0 Å². The summed E-state index contributed by atoms with van der Waals surface area (Å²) in [5.74, 6) is 0.904. The van der Waals surface area contributed by atoms with Crippen molar-refractivity contribution in [2.75, 3.05) is 16.1 Å². The Kier molecular flexibility index (Phi) is 7.12. The third kappa shape index (κ3) is 6.44. The zero-order chi connectivity index (χ0) is 23.6. The molecule has 0 atom stereocenters. The second kappa shape index (κ2) is 11.0. The molecule has 0 aliphatic rings. The standard InChI is InChI=1S/C24H20N8O2/c33-32(34)21-15-7-9-18(17-21)10-8-16-25-31-24-29-22(26-19-11-3-1-4-12-19)28-23(30-24)27-20-13-5-2-6-14-20/h1-17H,(H3,26,27,28,29,30,31)/b10-8+,25-16-. The normalized spacial score (nSPS) is 10.9. The molecular weight excluding hydrogens is 432 g/mol. The Balaban J connectivity index is 1.49. The Hall–Kier alpha value is -5.12. The number of nitro benzene ring substituents is 1. The van der Waals surface area contributed by atoms with Crippen molar-refractivity contribution in [2.24, 2.45) is 5.10 Å². The van der Waals surface area contributed by atoms with Crippen LogP contribution in [0.15, 0.2) is 96.1 Å². The summed E-state index contributed by atoms with van der Waals surface area (Å²) in [5, 5.41) is 21.3. The van der Waals surface area contributed by atoms with Gasteiger partial charge in [-0.2, -0.15) is 20.1 Å². The first-order valence-electron chi connectivity index (χ1n) is 10.3. The monoisotopic (exact) mass is 452 g/mol. The molecule has 1 aromatic heterocycles. The minimum atomic E-state index is -0.435. The van der Waals surface area contributed by atoms with Gasteiger partial charge in [0.1, 0.15) is 0 Å². The van der Waals surface area contributed by atoms with E-state index in [2.05, 4.69) is 36.1 Å². The first kappa shape index (κ1) is 22.1. The predicted molar refractivity (Wildman–Crippen MR) is 134 cm³/mol. The van der Waals surface area contributed by atoms with E-state index in [0.717, 1.165) is 11.4 Å². The van der Waals surface area contributed by atoms with E-state index in [9.17, 15) is 10.1 Å². The number of hydrazone groups is 1. The van der Waals surface area contributed by atoms with Crippen LogP contribution < -0.4 is 16.1 Å². The van der Waals surface area contributed by atoms with Crippen molar-refractivity contribution in [3.8, 4) is 0 Å². The van der Waals surface area contributed by atoms with Crippen LogP contribution in [-0.2, 0) is 0 Å². The second-order valence-electron chi connectivity index (χ2n) is 6.89. The zero-order valence-electron chi connectivity index (χ0n) is 17.9. The van der Waals surface area contributed by atoms with Crippen molar-refractivity contribution in [2.45, 2.75) is 0 Å². The molecule has 0 saturated heterocycles. The summed E-state index contributed by atoms with van der Waals surface area (Å²) in [5.41, 5.74) is 5.15. The summed E-state index contributed by atoms with van der Waals surface area (Å²) in [6.07, 6.45) is 4.85. The average Bonchev–Trinajstić information content (AvgIpc) is 2.85. The summed E-state index contributed by atoms with van der Waals surface area (Å²) in [7, 11) is 0. The molecule has 1 heterocycles. The van der Waals surface area contributed by atoms with Crippen LogP contribution >= 0.6 is 0 Å². The smallest absolute Gasteiger partial charge is 0.270 e. The van der Waals surface area contributed by atoms with E-state index in [1.165, 1.54) is 18.3 Å². The van der Waals surface area contributed by atoms with Gasteiger partial charge in [0.25, 0.3) is 5.69 Å². The first-order chi connectivity index (χ1) is 16.7. The van der Waals surface area contributed by atoms with Crippen LogP contribution in [0.25, 0.3) is 6.08 Å². The molecule has 0 radical (unpaired) electrons. The van der Waals surface area contributed by atoms with Gasteiger partial charge in [-0.15, -0.1) is 0 Å². The van der Waals surface area contributed by atoms with Crippen LogP contribution in [0.3, 0.4) is 0 Å². The van der Waals surface area contributed by atoms with Gasteiger partial charge in [-0.1, -0.05) is 54.6 Å². The Bertz CT molecular complexity index is 1250. The van der Waals surface area contributed by atoms with E-state index in [1.807, 2.05) is 60.7 Å². The number of aromatic nitrogens is 3. The topological polar surface area (TPSA) is 130 Å². The number of hydrogen-bond acceptors (Lipinski definition) is 9. The minimum absolute atomic E-state index is 0.0271. The zero-order valence-corrected chi connectivity index (χ0v) is 17.9. The van der Waals surface area contributed by atoms with E-state index in [1.54, 1.807) is 24.3 Å². The predicted octanol–water partition coefficient (Wildman–Crippen LogP) is 5.38. The quantitative estimate of drug-likeness (QED) is 0.175. The number of benzene rings is 3. The number of nitro groups is 1. The highest BCUT2D eigenvalue weighted by Crippen LogP contribution is 2.18. The number of nitrogens with one attached hydrogen (secondary N) is 3. The lowest BCUT2D eigenvalue weighted by atomic mass is 10.2. The van der Waals surface area contributed by atoms with E-state index >= 15 is 0 Å².